The van der Waals surface area contributed by atoms with Crippen LogP contribution in [0.1, 0.15) is 26.3 Å². The van der Waals surface area contributed by atoms with Crippen LogP contribution < -0.4 is 15.4 Å². The van der Waals surface area contributed by atoms with Crippen LogP contribution in [0.2, 0.25) is 0 Å². The first kappa shape index (κ1) is 16.9. The van der Waals surface area contributed by atoms with E-state index in [1.165, 1.54) is 6.07 Å². The van der Waals surface area contributed by atoms with Crippen LogP contribution in [0.3, 0.4) is 0 Å². The number of benzene rings is 1. The molecule has 0 spiro atoms. The highest BCUT2D eigenvalue weighted by molar-refractivity contribution is 5.77. The topological polar surface area (TPSA) is 74.2 Å². The van der Waals surface area contributed by atoms with Crippen LogP contribution in [-0.2, 0) is 11.3 Å². The maximum Gasteiger partial charge on any atom is 0.258 e. The van der Waals surface area contributed by atoms with Gasteiger partial charge in [-0.05, 0) is 26.8 Å². The van der Waals surface area contributed by atoms with E-state index < -0.39 is 11.7 Å². The van der Waals surface area contributed by atoms with Gasteiger partial charge in [0.2, 0.25) is 0 Å². The number of carbonyl (C=O) groups is 1. The molecule has 0 aliphatic rings. The fourth-order valence-electron chi connectivity index (χ4n) is 1.54. The van der Waals surface area contributed by atoms with E-state index in [0.29, 0.717) is 12.1 Å². The number of rotatable bonds is 6. The second-order valence-electron chi connectivity index (χ2n) is 5.56. The summed E-state index contributed by atoms with van der Waals surface area (Å²) in [6.07, 6.45) is 0. The van der Waals surface area contributed by atoms with Crippen molar-refractivity contribution in [2.75, 3.05) is 13.2 Å². The Kier molecular flexibility index (Phi) is 6.12. The van der Waals surface area contributed by atoms with E-state index in [1.54, 1.807) is 18.2 Å². The second-order valence-corrected chi connectivity index (χ2v) is 5.56. The number of nitriles is 1. The quantitative estimate of drug-likeness (QED) is 0.783. The molecular weight excluding hydrogens is 273 g/mol. The largest absolute Gasteiger partial charge is 0.480 e. The molecule has 0 aliphatic heterocycles. The third kappa shape index (κ3) is 6.23. The summed E-state index contributed by atoms with van der Waals surface area (Å²) in [4.78, 5) is 11.4. The zero-order valence-corrected chi connectivity index (χ0v) is 12.5. The van der Waals surface area contributed by atoms with Gasteiger partial charge in [0.05, 0.1) is 6.07 Å². The summed E-state index contributed by atoms with van der Waals surface area (Å²) in [6, 6.07) is 6.40. The highest BCUT2D eigenvalue weighted by Gasteiger charge is 2.14. The van der Waals surface area contributed by atoms with Crippen LogP contribution >= 0.6 is 0 Å². The summed E-state index contributed by atoms with van der Waals surface area (Å²) in [6.45, 7) is 6.01. The molecule has 0 unspecified atom stereocenters. The smallest absolute Gasteiger partial charge is 0.258 e. The fourth-order valence-corrected chi connectivity index (χ4v) is 1.54. The van der Waals surface area contributed by atoms with Gasteiger partial charge < -0.3 is 15.4 Å². The number of hydrogen-bond acceptors (Lipinski definition) is 4. The maximum absolute atomic E-state index is 13.8. The Labute approximate surface area is 124 Å². The average molecular weight is 293 g/mol. The predicted molar refractivity (Wildman–Crippen MR) is 77.1 cm³/mol. The highest BCUT2D eigenvalue weighted by Crippen LogP contribution is 2.23. The van der Waals surface area contributed by atoms with Crippen molar-refractivity contribution in [3.05, 3.63) is 29.6 Å². The minimum atomic E-state index is -0.517. The average Bonchev–Trinajstić information content (AvgIpc) is 2.41. The van der Waals surface area contributed by atoms with Gasteiger partial charge in [0.1, 0.15) is 6.54 Å². The van der Waals surface area contributed by atoms with Gasteiger partial charge in [0.15, 0.2) is 18.2 Å². The molecule has 0 aromatic heterocycles. The van der Waals surface area contributed by atoms with Crippen molar-refractivity contribution in [2.45, 2.75) is 32.9 Å². The maximum atomic E-state index is 13.8. The van der Waals surface area contributed by atoms with Gasteiger partial charge in [-0.2, -0.15) is 5.26 Å². The van der Waals surface area contributed by atoms with Crippen LogP contribution in [0, 0.1) is 17.1 Å². The van der Waals surface area contributed by atoms with E-state index in [4.69, 9.17) is 10.00 Å². The monoisotopic (exact) mass is 293 g/mol. The lowest BCUT2D eigenvalue weighted by Gasteiger charge is -2.21. The fraction of sp³-hybridized carbons (Fsp3) is 0.467. The molecule has 0 heterocycles. The van der Waals surface area contributed by atoms with Crippen LogP contribution in [0.4, 0.5) is 4.39 Å². The Morgan fingerprint density at radius 2 is 2.14 bits per heavy atom. The predicted octanol–water partition coefficient (Wildman–Crippen LogP) is 1.73. The van der Waals surface area contributed by atoms with Crippen molar-refractivity contribution in [3.63, 3.8) is 0 Å². The molecule has 2 N–H and O–H groups in total. The Morgan fingerprint density at radius 1 is 1.43 bits per heavy atom. The van der Waals surface area contributed by atoms with Gasteiger partial charge >= 0.3 is 0 Å². The Balaban J connectivity index is 2.72. The first-order valence-electron chi connectivity index (χ1n) is 6.62. The first-order chi connectivity index (χ1) is 9.83. The van der Waals surface area contributed by atoms with Crippen molar-refractivity contribution < 1.29 is 13.9 Å². The number of nitrogens with zero attached hydrogens (tertiary/aromatic N) is 1. The molecule has 1 aromatic rings. The van der Waals surface area contributed by atoms with E-state index in [1.807, 2.05) is 20.8 Å². The minimum absolute atomic E-state index is 0.0568. The summed E-state index contributed by atoms with van der Waals surface area (Å²) < 4.78 is 19.1. The van der Waals surface area contributed by atoms with Crippen molar-refractivity contribution in [1.29, 1.82) is 5.26 Å². The molecule has 1 aromatic carbocycles. The molecule has 0 aliphatic carbocycles. The van der Waals surface area contributed by atoms with Crippen LogP contribution in [-0.4, -0.2) is 24.6 Å². The minimum Gasteiger partial charge on any atom is -0.480 e. The summed E-state index contributed by atoms with van der Waals surface area (Å²) in [5.41, 5.74) is 0.520. The SMILES string of the molecule is CC(C)(C)NCc1cccc(F)c1OCC(=O)NCC#N. The molecule has 0 saturated heterocycles. The summed E-state index contributed by atoms with van der Waals surface area (Å²) in [5.74, 6) is -0.924. The number of carbonyl (C=O) groups excluding carboxylic acids is 1. The van der Waals surface area contributed by atoms with E-state index >= 15 is 0 Å². The van der Waals surface area contributed by atoms with Crippen molar-refractivity contribution in [1.82, 2.24) is 10.6 Å². The number of amides is 1. The highest BCUT2D eigenvalue weighted by atomic mass is 19.1. The van der Waals surface area contributed by atoms with E-state index in [2.05, 4.69) is 10.6 Å². The Morgan fingerprint density at radius 3 is 2.76 bits per heavy atom. The molecule has 6 heteroatoms. The Hall–Kier alpha value is -2.13. The first-order valence-corrected chi connectivity index (χ1v) is 6.62. The number of para-hydroxylation sites is 1. The van der Waals surface area contributed by atoms with E-state index in [9.17, 15) is 9.18 Å². The molecule has 0 atom stereocenters. The van der Waals surface area contributed by atoms with Crippen molar-refractivity contribution in [2.24, 2.45) is 0 Å². The van der Waals surface area contributed by atoms with Gasteiger partial charge in [-0.3, -0.25) is 4.79 Å². The molecule has 0 radical (unpaired) electrons. The number of ether oxygens (including phenoxy) is 1. The lowest BCUT2D eigenvalue weighted by atomic mass is 10.1. The second kappa shape index (κ2) is 7.60. The van der Waals surface area contributed by atoms with Crippen LogP contribution in [0.5, 0.6) is 5.75 Å². The van der Waals surface area contributed by atoms with Gasteiger partial charge in [-0.25, -0.2) is 4.39 Å². The van der Waals surface area contributed by atoms with Crippen LogP contribution in [0.25, 0.3) is 0 Å². The van der Waals surface area contributed by atoms with Gasteiger partial charge in [0, 0.05) is 17.6 Å². The molecule has 1 amide bonds. The zero-order valence-electron chi connectivity index (χ0n) is 12.5. The third-order valence-electron chi connectivity index (χ3n) is 2.57. The van der Waals surface area contributed by atoms with Gasteiger partial charge in [0.25, 0.3) is 5.91 Å². The Bertz CT molecular complexity index is 533. The van der Waals surface area contributed by atoms with Crippen molar-refractivity contribution in [3.8, 4) is 11.8 Å². The lowest BCUT2D eigenvalue weighted by molar-refractivity contribution is -0.122. The number of hydrogen-bond donors (Lipinski definition) is 2. The van der Waals surface area contributed by atoms with Gasteiger partial charge in [-0.1, -0.05) is 12.1 Å². The molecule has 0 saturated carbocycles. The van der Waals surface area contributed by atoms with E-state index in [0.717, 1.165) is 0 Å². The van der Waals surface area contributed by atoms with Crippen molar-refractivity contribution >= 4 is 5.91 Å². The number of nitrogens with one attached hydrogen (secondary N) is 2. The molecule has 0 fully saturated rings. The number of halogens is 1. The summed E-state index contributed by atoms with van der Waals surface area (Å²) in [7, 11) is 0. The lowest BCUT2D eigenvalue weighted by Crippen LogP contribution is -2.35. The summed E-state index contributed by atoms with van der Waals surface area (Å²) >= 11 is 0. The van der Waals surface area contributed by atoms with Crippen LogP contribution in [0.15, 0.2) is 18.2 Å². The molecular formula is C15H20FN3O2. The summed E-state index contributed by atoms with van der Waals surface area (Å²) in [5, 5.41) is 13.9. The third-order valence-corrected chi connectivity index (χ3v) is 2.57. The van der Waals surface area contributed by atoms with Gasteiger partial charge in [-0.15, -0.1) is 0 Å². The molecule has 114 valence electrons. The van der Waals surface area contributed by atoms with E-state index in [-0.39, 0.29) is 24.4 Å². The molecule has 21 heavy (non-hydrogen) atoms. The molecule has 1 rings (SSSR count). The zero-order chi connectivity index (χ0) is 15.9. The molecule has 5 nitrogen and oxygen atoms in total. The standard InChI is InChI=1S/C15H20FN3O2/c1-15(2,3)19-9-11-5-4-6-12(16)14(11)21-10-13(20)18-8-7-17/h4-6,19H,8-10H2,1-3H3,(H,18,20). The molecule has 0 bridgehead atoms. The normalized spacial score (nSPS) is 10.8.